The number of aromatic nitrogens is 4. The fourth-order valence-corrected chi connectivity index (χ4v) is 5.95. The van der Waals surface area contributed by atoms with Crippen molar-refractivity contribution >= 4 is 27.3 Å². The highest BCUT2D eigenvalue weighted by Gasteiger charge is 2.32. The molecule has 1 aliphatic heterocycles. The lowest BCUT2D eigenvalue weighted by atomic mass is 9.90. The van der Waals surface area contributed by atoms with Crippen LogP contribution in [-0.4, -0.2) is 56.9 Å². The monoisotopic (exact) mass is 504 g/mol. The number of sulfonamides is 1. The van der Waals surface area contributed by atoms with Crippen LogP contribution in [0, 0.1) is 0 Å². The van der Waals surface area contributed by atoms with Crippen molar-refractivity contribution in [1.82, 2.24) is 23.9 Å². The molecule has 36 heavy (non-hydrogen) atoms. The van der Waals surface area contributed by atoms with Crippen LogP contribution in [0.4, 0.5) is 5.82 Å². The Bertz CT molecular complexity index is 1520. The lowest BCUT2D eigenvalue weighted by Gasteiger charge is -2.31. The zero-order valence-electron chi connectivity index (χ0n) is 20.3. The summed E-state index contributed by atoms with van der Waals surface area (Å²) in [7, 11) is -3.25. The van der Waals surface area contributed by atoms with Crippen LogP contribution >= 0.6 is 0 Å². The average Bonchev–Trinajstić information content (AvgIpc) is 3.33. The van der Waals surface area contributed by atoms with Gasteiger partial charge in [0.2, 0.25) is 10.0 Å². The Morgan fingerprint density at radius 1 is 1.06 bits per heavy atom. The molecule has 4 heterocycles. The summed E-state index contributed by atoms with van der Waals surface area (Å²) in [6.07, 6.45) is 4.60. The summed E-state index contributed by atoms with van der Waals surface area (Å²) in [5.41, 5.74) is 11.4. The zero-order chi connectivity index (χ0) is 25.4. The van der Waals surface area contributed by atoms with Crippen molar-refractivity contribution in [2.45, 2.75) is 32.6 Å². The van der Waals surface area contributed by atoms with Crippen molar-refractivity contribution in [3.63, 3.8) is 0 Å². The number of carbonyl (C=O) groups is 1. The summed E-state index contributed by atoms with van der Waals surface area (Å²) in [5.74, 6) is 0.0441. The quantitative estimate of drug-likeness (QED) is 0.396. The standard InChI is InChI=1S/C26H28N6O3S/c1-3-36(34,35)31-13-11-19(12-14-31)24-23(17(2)33)25(27)32-26(30-24)21(16-29-32)20-9-10-22(28-15-20)18-7-5-4-6-8-18/h4-10,15-16,19H,3,11-14,27H2,1-2H3. The van der Waals surface area contributed by atoms with Crippen molar-refractivity contribution in [2.24, 2.45) is 0 Å². The number of ketones is 1. The van der Waals surface area contributed by atoms with E-state index in [2.05, 4.69) is 10.1 Å². The van der Waals surface area contributed by atoms with Crippen molar-refractivity contribution in [1.29, 1.82) is 0 Å². The minimum atomic E-state index is -3.25. The molecule has 3 aromatic heterocycles. The van der Waals surface area contributed by atoms with Crippen LogP contribution < -0.4 is 5.73 Å². The summed E-state index contributed by atoms with van der Waals surface area (Å²) >= 11 is 0. The number of piperidine rings is 1. The third kappa shape index (κ3) is 4.27. The Labute approximate surface area is 210 Å². The molecular formula is C26H28N6O3S. The topological polar surface area (TPSA) is 124 Å². The summed E-state index contributed by atoms with van der Waals surface area (Å²) in [6.45, 7) is 3.90. The molecule has 0 amide bonds. The fraction of sp³-hybridized carbons (Fsp3) is 0.308. The molecule has 5 rings (SSSR count). The number of nitrogens with two attached hydrogens (primary N) is 1. The van der Waals surface area contributed by atoms with Gasteiger partial charge in [0.25, 0.3) is 0 Å². The van der Waals surface area contributed by atoms with Gasteiger partial charge in [0.05, 0.1) is 28.9 Å². The largest absolute Gasteiger partial charge is 0.383 e. The zero-order valence-corrected chi connectivity index (χ0v) is 21.1. The second-order valence-corrected chi connectivity index (χ2v) is 11.2. The SMILES string of the molecule is CCS(=O)(=O)N1CCC(c2nc3c(-c4ccc(-c5ccccc5)nc4)cnn3c(N)c2C(C)=O)CC1. The first kappa shape index (κ1) is 24.1. The molecule has 186 valence electrons. The van der Waals surface area contributed by atoms with Gasteiger partial charge >= 0.3 is 0 Å². The number of carbonyl (C=O) groups excluding carboxylic acids is 1. The summed E-state index contributed by atoms with van der Waals surface area (Å²) in [4.78, 5) is 22.1. The fourth-order valence-electron chi connectivity index (χ4n) is 4.82. The number of hydrogen-bond donors (Lipinski definition) is 1. The van der Waals surface area contributed by atoms with E-state index < -0.39 is 10.0 Å². The van der Waals surface area contributed by atoms with Gasteiger partial charge in [-0.05, 0) is 32.8 Å². The second-order valence-electron chi connectivity index (χ2n) is 8.98. The van der Waals surface area contributed by atoms with E-state index in [0.29, 0.717) is 42.8 Å². The van der Waals surface area contributed by atoms with Crippen molar-refractivity contribution in [3.05, 3.63) is 66.1 Å². The first-order valence-corrected chi connectivity index (χ1v) is 13.6. The van der Waals surface area contributed by atoms with Gasteiger partial charge < -0.3 is 5.73 Å². The van der Waals surface area contributed by atoms with Crippen LogP contribution in [-0.2, 0) is 10.0 Å². The van der Waals surface area contributed by atoms with Gasteiger partial charge in [0, 0.05) is 41.9 Å². The number of rotatable bonds is 6. The molecular weight excluding hydrogens is 476 g/mol. The van der Waals surface area contributed by atoms with E-state index in [9.17, 15) is 13.2 Å². The molecule has 4 aromatic rings. The Morgan fingerprint density at radius 3 is 2.39 bits per heavy atom. The van der Waals surface area contributed by atoms with E-state index in [1.807, 2.05) is 42.5 Å². The first-order valence-electron chi connectivity index (χ1n) is 12.0. The molecule has 0 aliphatic carbocycles. The molecule has 2 N–H and O–H groups in total. The molecule has 0 radical (unpaired) electrons. The minimum Gasteiger partial charge on any atom is -0.383 e. The van der Waals surface area contributed by atoms with E-state index in [4.69, 9.17) is 10.7 Å². The van der Waals surface area contributed by atoms with Gasteiger partial charge in [-0.1, -0.05) is 36.4 Å². The normalized spacial score (nSPS) is 15.4. The third-order valence-corrected chi connectivity index (χ3v) is 8.69. The third-order valence-electron chi connectivity index (χ3n) is 6.81. The van der Waals surface area contributed by atoms with Crippen LogP contribution in [0.3, 0.4) is 0 Å². The van der Waals surface area contributed by atoms with E-state index in [1.54, 1.807) is 19.3 Å². The number of benzene rings is 1. The van der Waals surface area contributed by atoms with Crippen LogP contribution in [0.5, 0.6) is 0 Å². The Kier molecular flexibility index (Phi) is 6.31. The van der Waals surface area contributed by atoms with Crippen LogP contribution in [0.15, 0.2) is 54.9 Å². The number of nitrogens with zero attached hydrogens (tertiary/aromatic N) is 5. The van der Waals surface area contributed by atoms with Gasteiger partial charge in [-0.3, -0.25) is 9.78 Å². The maximum absolute atomic E-state index is 12.6. The van der Waals surface area contributed by atoms with E-state index >= 15 is 0 Å². The van der Waals surface area contributed by atoms with E-state index in [0.717, 1.165) is 22.4 Å². The molecule has 0 unspecified atom stereocenters. The number of Topliss-reactive ketones (excluding diaryl/α,β-unsaturated/α-hetero) is 1. The number of fused-ring (bicyclic) bond motifs is 1. The predicted molar refractivity (Wildman–Crippen MR) is 139 cm³/mol. The van der Waals surface area contributed by atoms with Crippen molar-refractivity contribution < 1.29 is 13.2 Å². The molecule has 0 bridgehead atoms. The van der Waals surface area contributed by atoms with Gasteiger partial charge in [0.15, 0.2) is 11.4 Å². The van der Waals surface area contributed by atoms with Gasteiger partial charge in [0.1, 0.15) is 5.82 Å². The molecule has 0 atom stereocenters. The molecule has 1 fully saturated rings. The molecule has 0 saturated carbocycles. The lowest BCUT2D eigenvalue weighted by Crippen LogP contribution is -2.39. The van der Waals surface area contributed by atoms with Crippen molar-refractivity contribution in [3.8, 4) is 22.4 Å². The van der Waals surface area contributed by atoms with Crippen LogP contribution in [0.2, 0.25) is 0 Å². The molecule has 1 aliphatic rings. The minimum absolute atomic E-state index is 0.0732. The average molecular weight is 505 g/mol. The Morgan fingerprint density at radius 2 is 1.78 bits per heavy atom. The first-order chi connectivity index (χ1) is 17.3. The molecule has 10 heteroatoms. The van der Waals surface area contributed by atoms with E-state index in [-0.39, 0.29) is 23.3 Å². The summed E-state index contributed by atoms with van der Waals surface area (Å²) < 4.78 is 27.6. The molecule has 0 spiro atoms. The lowest BCUT2D eigenvalue weighted by molar-refractivity contribution is 0.101. The van der Waals surface area contributed by atoms with E-state index in [1.165, 1.54) is 15.7 Å². The summed E-state index contributed by atoms with van der Waals surface area (Å²) in [5, 5.41) is 4.42. The highest BCUT2D eigenvalue weighted by molar-refractivity contribution is 7.89. The number of anilines is 1. The predicted octanol–water partition coefficient (Wildman–Crippen LogP) is 3.77. The number of nitrogen functional groups attached to an aromatic ring is 1. The number of pyridine rings is 1. The van der Waals surface area contributed by atoms with Crippen LogP contribution in [0.1, 0.15) is 48.7 Å². The summed E-state index contributed by atoms with van der Waals surface area (Å²) in [6, 6.07) is 13.8. The molecule has 1 saturated heterocycles. The Balaban J connectivity index is 1.54. The highest BCUT2D eigenvalue weighted by atomic mass is 32.2. The molecule has 9 nitrogen and oxygen atoms in total. The van der Waals surface area contributed by atoms with Gasteiger partial charge in [-0.25, -0.2) is 17.7 Å². The van der Waals surface area contributed by atoms with Gasteiger partial charge in [-0.15, -0.1) is 0 Å². The highest BCUT2D eigenvalue weighted by Crippen LogP contribution is 2.35. The van der Waals surface area contributed by atoms with Crippen LogP contribution in [0.25, 0.3) is 28.0 Å². The second kappa shape index (κ2) is 9.44. The van der Waals surface area contributed by atoms with Crippen molar-refractivity contribution in [2.75, 3.05) is 24.6 Å². The Hall–Kier alpha value is -3.63. The molecule has 1 aromatic carbocycles. The maximum atomic E-state index is 12.6. The maximum Gasteiger partial charge on any atom is 0.213 e. The smallest absolute Gasteiger partial charge is 0.213 e. The van der Waals surface area contributed by atoms with Gasteiger partial charge in [-0.2, -0.15) is 9.61 Å². The number of hydrogen-bond acceptors (Lipinski definition) is 7.